The highest BCUT2D eigenvalue weighted by molar-refractivity contribution is 6.34. The highest BCUT2D eigenvalue weighted by Crippen LogP contribution is 2.33. The maximum absolute atomic E-state index is 12.3. The molecular formula is C25H24N4O3. The number of aromatic nitrogens is 1. The number of rotatable bonds is 6. The lowest BCUT2D eigenvalue weighted by Gasteiger charge is -2.14. The number of nitrogens with one attached hydrogen (secondary N) is 2. The van der Waals surface area contributed by atoms with Gasteiger partial charge in [0.2, 0.25) is 0 Å². The van der Waals surface area contributed by atoms with E-state index < -0.39 is 0 Å². The Morgan fingerprint density at radius 3 is 2.78 bits per heavy atom. The number of carbonyl (C=O) groups is 2. The predicted octanol–water partition coefficient (Wildman–Crippen LogP) is 3.66. The van der Waals surface area contributed by atoms with Crippen LogP contribution in [-0.4, -0.2) is 47.9 Å². The van der Waals surface area contributed by atoms with Gasteiger partial charge in [0.1, 0.15) is 17.2 Å². The Bertz CT molecular complexity index is 1170. The molecule has 0 atom stereocenters. The molecule has 2 aromatic heterocycles. The summed E-state index contributed by atoms with van der Waals surface area (Å²) in [6, 6.07) is 14.7. The molecule has 7 nitrogen and oxygen atoms in total. The van der Waals surface area contributed by atoms with Gasteiger partial charge in [-0.2, -0.15) is 0 Å². The summed E-state index contributed by atoms with van der Waals surface area (Å²) in [5, 5.41) is 5.78. The van der Waals surface area contributed by atoms with Crippen LogP contribution in [0.4, 0.5) is 5.69 Å². The van der Waals surface area contributed by atoms with Gasteiger partial charge in [0.25, 0.3) is 11.8 Å². The van der Waals surface area contributed by atoms with Crippen molar-refractivity contribution in [3.05, 3.63) is 71.7 Å². The lowest BCUT2D eigenvalue weighted by atomic mass is 10.1. The molecule has 7 heteroatoms. The van der Waals surface area contributed by atoms with Gasteiger partial charge in [-0.25, -0.2) is 0 Å². The standard InChI is InChI=1S/C25H24N4O3/c30-24-20(19-5-1-2-6-21(19)28-24)15-18-8-10-23(32-18)17-7-9-22(27-16-17)25(31)26-11-14-29-12-3-4-13-29/h1-2,5-10,15-16H,3-4,11-14H2,(H,26,31)(H,28,30)/b20-15+. The lowest BCUT2D eigenvalue weighted by Crippen LogP contribution is -2.33. The molecule has 2 aliphatic rings. The van der Waals surface area contributed by atoms with Crippen LogP contribution >= 0.6 is 0 Å². The quantitative estimate of drug-likeness (QED) is 0.585. The van der Waals surface area contributed by atoms with Crippen LogP contribution < -0.4 is 10.6 Å². The molecule has 2 N–H and O–H groups in total. The van der Waals surface area contributed by atoms with E-state index in [0.717, 1.165) is 36.4 Å². The fourth-order valence-electron chi connectivity index (χ4n) is 4.11. The Morgan fingerprint density at radius 1 is 1.12 bits per heavy atom. The highest BCUT2D eigenvalue weighted by Gasteiger charge is 2.23. The van der Waals surface area contributed by atoms with Crippen LogP contribution in [0.2, 0.25) is 0 Å². The minimum absolute atomic E-state index is 0.147. The molecular weight excluding hydrogens is 404 g/mol. The summed E-state index contributed by atoms with van der Waals surface area (Å²) in [6.45, 7) is 3.72. The van der Waals surface area contributed by atoms with Gasteiger partial charge in [0, 0.05) is 36.1 Å². The van der Waals surface area contributed by atoms with Gasteiger partial charge in [-0.15, -0.1) is 0 Å². The first-order valence-electron chi connectivity index (χ1n) is 10.9. The van der Waals surface area contributed by atoms with Crippen LogP contribution in [0.3, 0.4) is 0 Å². The summed E-state index contributed by atoms with van der Waals surface area (Å²) in [5.41, 5.74) is 3.37. The largest absolute Gasteiger partial charge is 0.457 e. The van der Waals surface area contributed by atoms with Crippen LogP contribution in [0.5, 0.6) is 0 Å². The molecule has 2 amide bonds. The van der Waals surface area contributed by atoms with E-state index in [9.17, 15) is 9.59 Å². The third kappa shape index (κ3) is 4.20. The van der Waals surface area contributed by atoms with Crippen molar-refractivity contribution in [1.29, 1.82) is 0 Å². The third-order valence-corrected chi connectivity index (χ3v) is 5.82. The molecule has 1 aromatic carbocycles. The number of hydrogen-bond acceptors (Lipinski definition) is 5. The summed E-state index contributed by atoms with van der Waals surface area (Å²) < 4.78 is 5.91. The first-order chi connectivity index (χ1) is 15.7. The van der Waals surface area contributed by atoms with E-state index in [-0.39, 0.29) is 11.8 Å². The van der Waals surface area contributed by atoms with Crippen LogP contribution in [0.1, 0.15) is 34.7 Å². The number of fused-ring (bicyclic) bond motifs is 1. The van der Waals surface area contributed by atoms with E-state index in [4.69, 9.17) is 4.42 Å². The van der Waals surface area contributed by atoms with Crippen LogP contribution in [0.15, 0.2) is 59.1 Å². The number of amides is 2. The summed E-state index contributed by atoms with van der Waals surface area (Å²) in [6.07, 6.45) is 5.84. The van der Waals surface area contributed by atoms with Crippen molar-refractivity contribution >= 4 is 29.2 Å². The van der Waals surface area contributed by atoms with Crippen molar-refractivity contribution in [2.24, 2.45) is 0 Å². The fraction of sp³-hybridized carbons (Fsp3) is 0.240. The maximum Gasteiger partial charge on any atom is 0.269 e. The Hall–Kier alpha value is -3.71. The first-order valence-corrected chi connectivity index (χ1v) is 10.9. The minimum atomic E-state index is -0.175. The molecule has 0 radical (unpaired) electrons. The van der Waals surface area contributed by atoms with Crippen LogP contribution in [0, 0.1) is 0 Å². The molecule has 3 aromatic rings. The number of benzene rings is 1. The topological polar surface area (TPSA) is 87.5 Å². The van der Waals surface area contributed by atoms with Crippen molar-refractivity contribution in [2.75, 3.05) is 31.5 Å². The summed E-state index contributed by atoms with van der Waals surface area (Å²) >= 11 is 0. The van der Waals surface area contributed by atoms with Crippen molar-refractivity contribution in [3.63, 3.8) is 0 Å². The Balaban J connectivity index is 1.24. The van der Waals surface area contributed by atoms with Crippen molar-refractivity contribution in [1.82, 2.24) is 15.2 Å². The second-order valence-electron chi connectivity index (χ2n) is 8.00. The zero-order chi connectivity index (χ0) is 21.9. The summed E-state index contributed by atoms with van der Waals surface area (Å²) in [4.78, 5) is 31.3. The molecule has 0 spiro atoms. The van der Waals surface area contributed by atoms with Gasteiger partial charge < -0.3 is 20.0 Å². The predicted molar refractivity (Wildman–Crippen MR) is 123 cm³/mol. The van der Waals surface area contributed by atoms with E-state index in [2.05, 4.69) is 20.5 Å². The average Bonchev–Trinajstić information content (AvgIpc) is 3.56. The van der Waals surface area contributed by atoms with Crippen molar-refractivity contribution < 1.29 is 14.0 Å². The smallest absolute Gasteiger partial charge is 0.269 e. The zero-order valence-electron chi connectivity index (χ0n) is 17.6. The molecule has 0 saturated carbocycles. The molecule has 1 saturated heterocycles. The summed E-state index contributed by atoms with van der Waals surface area (Å²) in [5.74, 6) is 0.875. The molecule has 5 rings (SSSR count). The van der Waals surface area contributed by atoms with Gasteiger partial charge in [-0.1, -0.05) is 18.2 Å². The van der Waals surface area contributed by atoms with Gasteiger partial charge >= 0.3 is 0 Å². The van der Waals surface area contributed by atoms with Gasteiger partial charge in [-0.05, 0) is 62.3 Å². The van der Waals surface area contributed by atoms with E-state index in [1.807, 2.05) is 42.5 Å². The number of pyridine rings is 1. The zero-order valence-corrected chi connectivity index (χ0v) is 17.6. The monoisotopic (exact) mass is 428 g/mol. The van der Waals surface area contributed by atoms with E-state index in [1.165, 1.54) is 12.8 Å². The molecule has 0 unspecified atom stereocenters. The Labute approximate surface area is 186 Å². The molecule has 4 heterocycles. The summed E-state index contributed by atoms with van der Waals surface area (Å²) in [7, 11) is 0. The van der Waals surface area contributed by atoms with E-state index in [0.29, 0.717) is 29.3 Å². The normalized spacial score (nSPS) is 16.9. The number of carbonyl (C=O) groups excluding carboxylic acids is 2. The first kappa shape index (κ1) is 20.2. The van der Waals surface area contributed by atoms with E-state index in [1.54, 1.807) is 18.3 Å². The minimum Gasteiger partial charge on any atom is -0.457 e. The number of nitrogens with zero attached hydrogens (tertiary/aromatic N) is 2. The van der Waals surface area contributed by atoms with Crippen molar-refractivity contribution in [3.8, 4) is 11.3 Å². The van der Waals surface area contributed by atoms with Crippen LogP contribution in [0.25, 0.3) is 23.0 Å². The second-order valence-corrected chi connectivity index (χ2v) is 8.00. The highest BCUT2D eigenvalue weighted by atomic mass is 16.3. The Morgan fingerprint density at radius 2 is 1.97 bits per heavy atom. The lowest BCUT2D eigenvalue weighted by molar-refractivity contribution is -0.110. The van der Waals surface area contributed by atoms with Crippen LogP contribution in [-0.2, 0) is 4.79 Å². The molecule has 32 heavy (non-hydrogen) atoms. The van der Waals surface area contributed by atoms with E-state index >= 15 is 0 Å². The maximum atomic E-state index is 12.3. The number of para-hydroxylation sites is 1. The fourth-order valence-corrected chi connectivity index (χ4v) is 4.11. The number of furan rings is 1. The number of likely N-dealkylation sites (tertiary alicyclic amines) is 1. The SMILES string of the molecule is O=C1Nc2ccccc2/C1=C\c1ccc(-c2ccc(C(=O)NCCN3CCCC3)nc2)o1. The number of anilines is 1. The Kier molecular flexibility index (Phi) is 5.56. The average molecular weight is 428 g/mol. The second kappa shape index (κ2) is 8.80. The third-order valence-electron chi connectivity index (χ3n) is 5.82. The van der Waals surface area contributed by atoms with Gasteiger partial charge in [-0.3, -0.25) is 14.6 Å². The van der Waals surface area contributed by atoms with Gasteiger partial charge in [0.15, 0.2) is 0 Å². The molecule has 1 fully saturated rings. The molecule has 0 aliphatic carbocycles. The van der Waals surface area contributed by atoms with Gasteiger partial charge in [0.05, 0.1) is 5.57 Å². The number of hydrogen-bond donors (Lipinski definition) is 2. The van der Waals surface area contributed by atoms with Crippen molar-refractivity contribution in [2.45, 2.75) is 12.8 Å². The molecule has 0 bridgehead atoms. The molecule has 162 valence electrons. The molecule has 2 aliphatic heterocycles.